The fourth-order valence-corrected chi connectivity index (χ4v) is 4.98. The first kappa shape index (κ1) is 22.3. The maximum atomic E-state index is 11.6. The fraction of sp³-hybridized carbons (Fsp3) is 0.400. The second-order valence-corrected chi connectivity index (χ2v) is 10.2. The molecule has 0 amide bonds. The van der Waals surface area contributed by atoms with Crippen molar-refractivity contribution in [3.8, 4) is 11.4 Å². The van der Waals surface area contributed by atoms with Crippen LogP contribution in [0.1, 0.15) is 37.6 Å². The number of nitrogens with two attached hydrogens (primary N) is 1. The molecule has 3 N–H and O–H groups in total. The van der Waals surface area contributed by atoms with Gasteiger partial charge in [0, 0.05) is 29.2 Å². The van der Waals surface area contributed by atoms with Crippen LogP contribution in [0.3, 0.4) is 0 Å². The lowest BCUT2D eigenvalue weighted by Gasteiger charge is -2.15. The van der Waals surface area contributed by atoms with Crippen LogP contribution in [0.4, 0.5) is 10.8 Å². The second-order valence-electron chi connectivity index (χ2n) is 7.67. The molecule has 162 valence electrons. The van der Waals surface area contributed by atoms with E-state index in [0.29, 0.717) is 23.2 Å². The summed E-state index contributed by atoms with van der Waals surface area (Å²) in [5, 5.41) is 11.1. The fourth-order valence-electron chi connectivity index (χ4n) is 3.30. The summed E-state index contributed by atoms with van der Waals surface area (Å²) < 4.78 is 30.7. The van der Waals surface area contributed by atoms with E-state index in [4.69, 9.17) is 9.88 Å². The van der Waals surface area contributed by atoms with Crippen molar-refractivity contribution in [3.63, 3.8) is 0 Å². The van der Waals surface area contributed by atoms with Crippen LogP contribution in [0.5, 0.6) is 5.75 Å². The standard InChI is InChI=1S/C20H27N5O3S2/c1-13(2)7-15(11-30(21,26)27)17-10-29-20(24-17)23-16-5-6-18(19(8-16)28-4)25-9-14(3)22-12-25/h5-6,8-10,12-13,15H,7,11H2,1-4H3,(H,23,24)(H2,21,26,27)/t15-/m1/s1. The normalized spacial score (nSPS) is 12.9. The number of aryl methyl sites for hydroxylation is 1. The number of nitrogens with one attached hydrogen (secondary N) is 1. The Kier molecular flexibility index (Phi) is 6.79. The summed E-state index contributed by atoms with van der Waals surface area (Å²) in [6.07, 6.45) is 4.37. The van der Waals surface area contributed by atoms with Crippen molar-refractivity contribution < 1.29 is 13.2 Å². The Labute approximate surface area is 181 Å². The zero-order chi connectivity index (χ0) is 21.9. The van der Waals surface area contributed by atoms with Crippen LogP contribution in [0.25, 0.3) is 5.69 Å². The van der Waals surface area contributed by atoms with Crippen LogP contribution in [0, 0.1) is 12.8 Å². The third kappa shape index (κ3) is 5.80. The number of anilines is 2. The van der Waals surface area contributed by atoms with Gasteiger partial charge in [-0.3, -0.25) is 0 Å². The van der Waals surface area contributed by atoms with Gasteiger partial charge in [-0.05, 0) is 31.4 Å². The van der Waals surface area contributed by atoms with Crippen molar-refractivity contribution in [1.82, 2.24) is 14.5 Å². The average Bonchev–Trinajstić information content (AvgIpc) is 3.28. The van der Waals surface area contributed by atoms with Crippen molar-refractivity contribution in [2.24, 2.45) is 11.1 Å². The number of ether oxygens (including phenoxy) is 1. The number of sulfonamides is 1. The molecule has 2 heterocycles. The maximum absolute atomic E-state index is 11.6. The first-order valence-corrected chi connectivity index (χ1v) is 12.2. The topological polar surface area (TPSA) is 112 Å². The third-order valence-corrected chi connectivity index (χ3v) is 6.19. The average molecular weight is 450 g/mol. The van der Waals surface area contributed by atoms with Gasteiger partial charge < -0.3 is 14.6 Å². The number of primary sulfonamides is 1. The first-order chi connectivity index (χ1) is 14.1. The van der Waals surface area contributed by atoms with E-state index in [1.807, 2.05) is 41.3 Å². The lowest BCUT2D eigenvalue weighted by molar-refractivity contribution is 0.413. The minimum Gasteiger partial charge on any atom is -0.494 e. The van der Waals surface area contributed by atoms with Gasteiger partial charge in [0.15, 0.2) is 5.13 Å². The summed E-state index contributed by atoms with van der Waals surface area (Å²) in [7, 11) is -1.96. The number of aromatic nitrogens is 3. The molecular formula is C20H27N5O3S2. The highest BCUT2D eigenvalue weighted by molar-refractivity contribution is 7.89. The number of hydrogen-bond donors (Lipinski definition) is 2. The summed E-state index contributed by atoms with van der Waals surface area (Å²) in [6.45, 7) is 6.04. The largest absolute Gasteiger partial charge is 0.494 e. The monoisotopic (exact) mass is 449 g/mol. The second kappa shape index (κ2) is 9.15. The highest BCUT2D eigenvalue weighted by Crippen LogP contribution is 2.32. The molecule has 30 heavy (non-hydrogen) atoms. The van der Waals surface area contributed by atoms with E-state index in [-0.39, 0.29) is 11.7 Å². The van der Waals surface area contributed by atoms with Gasteiger partial charge >= 0.3 is 0 Å². The Balaban J connectivity index is 1.81. The van der Waals surface area contributed by atoms with Gasteiger partial charge in [-0.15, -0.1) is 11.3 Å². The third-order valence-electron chi connectivity index (χ3n) is 4.55. The minimum atomic E-state index is -3.58. The maximum Gasteiger partial charge on any atom is 0.209 e. The molecule has 8 nitrogen and oxygen atoms in total. The van der Waals surface area contributed by atoms with E-state index in [9.17, 15) is 8.42 Å². The summed E-state index contributed by atoms with van der Waals surface area (Å²) in [5.41, 5.74) is 3.36. The van der Waals surface area contributed by atoms with Crippen molar-refractivity contribution in [3.05, 3.63) is 47.5 Å². The Hall–Kier alpha value is -2.43. The summed E-state index contributed by atoms with van der Waals surface area (Å²) in [4.78, 5) is 8.87. The Morgan fingerprint density at radius 2 is 2.10 bits per heavy atom. The van der Waals surface area contributed by atoms with Crippen LogP contribution in [0.15, 0.2) is 36.1 Å². The number of benzene rings is 1. The van der Waals surface area contributed by atoms with Gasteiger partial charge in [0.1, 0.15) is 5.75 Å². The first-order valence-electron chi connectivity index (χ1n) is 9.56. The zero-order valence-electron chi connectivity index (χ0n) is 17.5. The minimum absolute atomic E-state index is 0.110. The quantitative estimate of drug-likeness (QED) is 0.514. The highest BCUT2D eigenvalue weighted by atomic mass is 32.2. The molecule has 3 rings (SSSR count). The van der Waals surface area contributed by atoms with Gasteiger partial charge in [-0.1, -0.05) is 13.8 Å². The Bertz CT molecular complexity index is 1110. The molecule has 1 atom stereocenters. The molecule has 0 bridgehead atoms. The number of rotatable bonds is 9. The molecule has 0 unspecified atom stereocenters. The molecule has 3 aromatic rings. The lowest BCUT2D eigenvalue weighted by Crippen LogP contribution is -2.23. The van der Waals surface area contributed by atoms with E-state index < -0.39 is 10.0 Å². The number of imidazole rings is 1. The molecule has 0 aliphatic rings. The van der Waals surface area contributed by atoms with Gasteiger partial charge in [-0.2, -0.15) is 0 Å². The van der Waals surface area contributed by atoms with Crippen molar-refractivity contribution in [1.29, 1.82) is 0 Å². The van der Waals surface area contributed by atoms with Crippen molar-refractivity contribution in [2.45, 2.75) is 33.1 Å². The molecule has 0 saturated heterocycles. The number of thiazole rings is 1. The Morgan fingerprint density at radius 3 is 2.70 bits per heavy atom. The van der Waals surface area contributed by atoms with Gasteiger partial charge in [0.2, 0.25) is 10.0 Å². The molecule has 0 radical (unpaired) electrons. The number of methoxy groups -OCH3 is 1. The molecule has 1 aromatic carbocycles. The van der Waals surface area contributed by atoms with Crippen LogP contribution < -0.4 is 15.2 Å². The summed E-state index contributed by atoms with van der Waals surface area (Å²) in [6, 6.07) is 5.77. The van der Waals surface area contributed by atoms with Crippen molar-refractivity contribution >= 4 is 32.2 Å². The van der Waals surface area contributed by atoms with Gasteiger partial charge in [-0.25, -0.2) is 23.5 Å². The van der Waals surface area contributed by atoms with E-state index in [2.05, 4.69) is 29.1 Å². The summed E-state index contributed by atoms with van der Waals surface area (Å²) in [5.74, 6) is 0.689. The van der Waals surface area contributed by atoms with E-state index in [1.165, 1.54) is 11.3 Å². The van der Waals surface area contributed by atoms with Crippen LogP contribution in [0.2, 0.25) is 0 Å². The highest BCUT2D eigenvalue weighted by Gasteiger charge is 2.22. The summed E-state index contributed by atoms with van der Waals surface area (Å²) >= 11 is 1.43. The lowest BCUT2D eigenvalue weighted by atomic mass is 9.96. The smallest absolute Gasteiger partial charge is 0.209 e. The van der Waals surface area contributed by atoms with E-state index in [1.54, 1.807) is 13.4 Å². The molecule has 0 aliphatic carbocycles. The Morgan fingerprint density at radius 1 is 1.33 bits per heavy atom. The number of nitrogens with zero attached hydrogens (tertiary/aromatic N) is 3. The SMILES string of the molecule is COc1cc(Nc2nc([C@H](CC(C)C)CS(N)(=O)=O)cs2)ccc1-n1cnc(C)c1. The van der Waals surface area contributed by atoms with Crippen molar-refractivity contribution in [2.75, 3.05) is 18.2 Å². The zero-order valence-corrected chi connectivity index (χ0v) is 19.1. The molecule has 2 aromatic heterocycles. The molecule has 10 heteroatoms. The van der Waals surface area contributed by atoms with Gasteiger partial charge in [0.05, 0.1) is 36.3 Å². The molecule has 0 aliphatic heterocycles. The molecule has 0 saturated carbocycles. The van der Waals surface area contributed by atoms with E-state index >= 15 is 0 Å². The van der Waals surface area contributed by atoms with Gasteiger partial charge in [0.25, 0.3) is 0 Å². The molecule has 0 fully saturated rings. The molecule has 0 spiro atoms. The predicted molar refractivity (Wildman–Crippen MR) is 120 cm³/mol. The van der Waals surface area contributed by atoms with Crippen LogP contribution >= 0.6 is 11.3 Å². The predicted octanol–water partition coefficient (Wildman–Crippen LogP) is 3.81. The van der Waals surface area contributed by atoms with E-state index in [0.717, 1.165) is 22.8 Å². The number of hydrogen-bond acceptors (Lipinski definition) is 7. The van der Waals surface area contributed by atoms with Crippen LogP contribution in [-0.2, 0) is 10.0 Å². The van der Waals surface area contributed by atoms with Crippen LogP contribution in [-0.4, -0.2) is 35.8 Å². The molecular weight excluding hydrogens is 422 g/mol.